The highest BCUT2D eigenvalue weighted by Crippen LogP contribution is 2.50. The highest BCUT2D eigenvalue weighted by Gasteiger charge is 2.54. The van der Waals surface area contributed by atoms with Crippen LogP contribution in [0.5, 0.6) is 0 Å². The molecule has 19 heavy (non-hydrogen) atoms. The van der Waals surface area contributed by atoms with Gasteiger partial charge in [-0.15, -0.1) is 0 Å². The quantitative estimate of drug-likeness (QED) is 0.786. The monoisotopic (exact) mass is 256 g/mol. The Labute approximate surface area is 111 Å². The van der Waals surface area contributed by atoms with E-state index in [-0.39, 0.29) is 29.3 Å². The van der Waals surface area contributed by atoms with E-state index in [0.29, 0.717) is 0 Å². The first-order valence-corrected chi connectivity index (χ1v) is 6.56. The second kappa shape index (κ2) is 4.05. The first-order chi connectivity index (χ1) is 9.02. The standard InChI is InChI=1S/C16H16O3/c1-8-5-3-4-6-10(8)13-9(2)11-7-12(17)16(19)14(13)15(11)18/h3-7,9,11,13-14,17H,1-2H3. The molecule has 3 nitrogen and oxygen atoms in total. The van der Waals surface area contributed by atoms with Gasteiger partial charge in [-0.25, -0.2) is 0 Å². The third-order valence-electron chi connectivity index (χ3n) is 4.55. The van der Waals surface area contributed by atoms with Gasteiger partial charge in [0.25, 0.3) is 0 Å². The third-order valence-corrected chi connectivity index (χ3v) is 4.55. The minimum absolute atomic E-state index is 0.0384. The first kappa shape index (κ1) is 12.2. The van der Waals surface area contributed by atoms with Crippen LogP contribution in [0.3, 0.4) is 0 Å². The molecule has 0 aromatic heterocycles. The highest BCUT2D eigenvalue weighted by atomic mass is 16.3. The average molecular weight is 256 g/mol. The van der Waals surface area contributed by atoms with Crippen LogP contribution in [-0.4, -0.2) is 16.7 Å². The lowest BCUT2D eigenvalue weighted by molar-refractivity contribution is -0.132. The largest absolute Gasteiger partial charge is 0.505 e. The Balaban J connectivity index is 2.13. The Morgan fingerprint density at radius 3 is 2.53 bits per heavy atom. The van der Waals surface area contributed by atoms with Gasteiger partial charge in [-0.05, 0) is 30.0 Å². The van der Waals surface area contributed by atoms with Gasteiger partial charge in [0.15, 0.2) is 11.5 Å². The number of hydrogen-bond donors (Lipinski definition) is 1. The number of ketones is 2. The highest BCUT2D eigenvalue weighted by molar-refractivity contribution is 6.15. The minimum Gasteiger partial charge on any atom is -0.505 e. The molecule has 3 heteroatoms. The molecule has 4 unspecified atom stereocenters. The topological polar surface area (TPSA) is 54.4 Å². The lowest BCUT2D eigenvalue weighted by Crippen LogP contribution is -2.30. The molecule has 0 amide bonds. The minimum atomic E-state index is -0.703. The molecule has 0 saturated heterocycles. The van der Waals surface area contributed by atoms with Crippen LogP contribution in [0, 0.1) is 24.7 Å². The van der Waals surface area contributed by atoms with Crippen molar-refractivity contribution in [2.75, 3.05) is 0 Å². The molecule has 1 aromatic carbocycles. The Morgan fingerprint density at radius 2 is 1.84 bits per heavy atom. The summed E-state index contributed by atoms with van der Waals surface area (Å²) in [5.41, 5.74) is 2.14. The lowest BCUT2D eigenvalue weighted by atomic mass is 9.80. The number of benzene rings is 1. The van der Waals surface area contributed by atoms with Crippen molar-refractivity contribution in [3.05, 3.63) is 47.2 Å². The van der Waals surface area contributed by atoms with E-state index in [1.165, 1.54) is 6.08 Å². The number of carbonyl (C=O) groups excluding carboxylic acids is 2. The van der Waals surface area contributed by atoms with Crippen LogP contribution >= 0.6 is 0 Å². The predicted octanol–water partition coefficient (Wildman–Crippen LogP) is 2.55. The van der Waals surface area contributed by atoms with Crippen LogP contribution in [0.15, 0.2) is 36.1 Å². The van der Waals surface area contributed by atoms with E-state index >= 15 is 0 Å². The van der Waals surface area contributed by atoms with Gasteiger partial charge in [-0.1, -0.05) is 31.2 Å². The van der Waals surface area contributed by atoms with E-state index in [1.54, 1.807) is 0 Å². The van der Waals surface area contributed by atoms with Crippen molar-refractivity contribution in [3.8, 4) is 0 Å². The van der Waals surface area contributed by atoms with Crippen LogP contribution in [-0.2, 0) is 9.59 Å². The smallest absolute Gasteiger partial charge is 0.207 e. The number of carbonyl (C=O) groups is 2. The molecule has 1 fully saturated rings. The maximum Gasteiger partial charge on any atom is 0.207 e. The van der Waals surface area contributed by atoms with Crippen molar-refractivity contribution in [3.63, 3.8) is 0 Å². The summed E-state index contributed by atoms with van der Waals surface area (Å²) in [6.07, 6.45) is 1.43. The second-order valence-corrected chi connectivity index (χ2v) is 5.56. The van der Waals surface area contributed by atoms with Crippen LogP contribution < -0.4 is 0 Å². The molecule has 3 rings (SSSR count). The van der Waals surface area contributed by atoms with Gasteiger partial charge < -0.3 is 5.11 Å². The van der Waals surface area contributed by atoms with Crippen LogP contribution in [0.2, 0.25) is 0 Å². The fourth-order valence-corrected chi connectivity index (χ4v) is 3.53. The number of allylic oxidation sites excluding steroid dienone is 2. The summed E-state index contributed by atoms with van der Waals surface area (Å²) in [6, 6.07) is 7.85. The molecular weight excluding hydrogens is 240 g/mol. The van der Waals surface area contributed by atoms with E-state index in [2.05, 4.69) is 0 Å². The number of fused-ring (bicyclic) bond motifs is 2. The molecule has 1 saturated carbocycles. The van der Waals surface area contributed by atoms with E-state index in [1.807, 2.05) is 38.1 Å². The Kier molecular flexibility index (Phi) is 2.59. The Hall–Kier alpha value is -1.90. The number of rotatable bonds is 1. The van der Waals surface area contributed by atoms with E-state index in [0.717, 1.165) is 11.1 Å². The van der Waals surface area contributed by atoms with Gasteiger partial charge in [0.2, 0.25) is 5.78 Å². The molecule has 2 aliphatic rings. The van der Waals surface area contributed by atoms with E-state index < -0.39 is 11.7 Å². The summed E-state index contributed by atoms with van der Waals surface area (Å²) in [5.74, 6) is -1.79. The molecule has 1 aromatic rings. The fraction of sp³-hybridized carbons (Fsp3) is 0.375. The number of aryl methyl sites for hydroxylation is 1. The van der Waals surface area contributed by atoms with Crippen LogP contribution in [0.1, 0.15) is 24.0 Å². The average Bonchev–Trinajstić information content (AvgIpc) is 2.56. The summed E-state index contributed by atoms with van der Waals surface area (Å²) in [5, 5.41) is 9.69. The first-order valence-electron chi connectivity index (χ1n) is 6.56. The summed E-state index contributed by atoms with van der Waals surface area (Å²) >= 11 is 0. The van der Waals surface area contributed by atoms with Crippen LogP contribution in [0.4, 0.5) is 0 Å². The second-order valence-electron chi connectivity index (χ2n) is 5.56. The maximum absolute atomic E-state index is 12.3. The predicted molar refractivity (Wildman–Crippen MR) is 70.8 cm³/mol. The van der Waals surface area contributed by atoms with Gasteiger partial charge in [0, 0.05) is 11.8 Å². The Bertz CT molecular complexity index is 600. The van der Waals surface area contributed by atoms with Crippen molar-refractivity contribution < 1.29 is 14.7 Å². The molecular formula is C16H16O3. The number of aliphatic hydroxyl groups excluding tert-OH is 1. The summed E-state index contributed by atoms with van der Waals surface area (Å²) < 4.78 is 0. The zero-order valence-corrected chi connectivity index (χ0v) is 11.0. The van der Waals surface area contributed by atoms with Gasteiger partial charge in [-0.2, -0.15) is 0 Å². The van der Waals surface area contributed by atoms with Crippen molar-refractivity contribution in [1.82, 2.24) is 0 Å². The molecule has 98 valence electrons. The summed E-state index contributed by atoms with van der Waals surface area (Å²) in [6.45, 7) is 3.98. The number of Topliss-reactive ketones (excluding diaryl/α,β-unsaturated/α-hetero) is 2. The number of hydrogen-bond acceptors (Lipinski definition) is 3. The van der Waals surface area contributed by atoms with Crippen LogP contribution in [0.25, 0.3) is 0 Å². The molecule has 4 atom stereocenters. The van der Waals surface area contributed by atoms with Crippen molar-refractivity contribution >= 4 is 11.6 Å². The van der Waals surface area contributed by atoms with Gasteiger partial charge in [0.05, 0.1) is 5.92 Å². The molecule has 0 heterocycles. The maximum atomic E-state index is 12.3. The van der Waals surface area contributed by atoms with Crippen molar-refractivity contribution in [2.24, 2.45) is 17.8 Å². The molecule has 0 spiro atoms. The summed E-state index contributed by atoms with van der Waals surface area (Å²) in [4.78, 5) is 24.4. The lowest BCUT2D eigenvalue weighted by Gasteiger charge is -2.22. The van der Waals surface area contributed by atoms with E-state index in [4.69, 9.17) is 0 Å². The summed E-state index contributed by atoms with van der Waals surface area (Å²) in [7, 11) is 0. The van der Waals surface area contributed by atoms with Crippen molar-refractivity contribution in [1.29, 1.82) is 0 Å². The fourth-order valence-electron chi connectivity index (χ4n) is 3.53. The van der Waals surface area contributed by atoms with Gasteiger partial charge in [0.1, 0.15) is 0 Å². The number of aliphatic hydroxyl groups is 1. The zero-order valence-electron chi connectivity index (χ0n) is 11.0. The SMILES string of the molecule is Cc1ccccc1C1C2C(=O)C(O)=CC(C2=O)C1C. The third kappa shape index (κ3) is 1.57. The molecule has 2 aliphatic carbocycles. The normalized spacial score (nSPS) is 33.5. The van der Waals surface area contributed by atoms with E-state index in [9.17, 15) is 14.7 Å². The van der Waals surface area contributed by atoms with Gasteiger partial charge in [-0.3, -0.25) is 9.59 Å². The Morgan fingerprint density at radius 1 is 1.16 bits per heavy atom. The molecule has 2 bridgehead atoms. The molecule has 1 N–H and O–H groups in total. The van der Waals surface area contributed by atoms with Gasteiger partial charge >= 0.3 is 0 Å². The zero-order chi connectivity index (χ0) is 13.7. The molecule has 0 aliphatic heterocycles. The molecule has 0 radical (unpaired) electrons. The van der Waals surface area contributed by atoms with Crippen molar-refractivity contribution in [2.45, 2.75) is 19.8 Å².